The van der Waals surface area contributed by atoms with E-state index in [1.54, 1.807) is 0 Å². The van der Waals surface area contributed by atoms with E-state index in [1.807, 2.05) is 30.3 Å². The summed E-state index contributed by atoms with van der Waals surface area (Å²) in [5, 5.41) is 14.7. The van der Waals surface area contributed by atoms with Gasteiger partial charge >= 0.3 is 0 Å². The van der Waals surface area contributed by atoms with E-state index in [0.29, 0.717) is 13.1 Å². The van der Waals surface area contributed by atoms with Crippen molar-refractivity contribution in [3.63, 3.8) is 0 Å². The van der Waals surface area contributed by atoms with Gasteiger partial charge in [-0.3, -0.25) is 4.79 Å². The molecule has 1 unspecified atom stereocenters. The molecule has 1 rings (SSSR count). The minimum absolute atomic E-state index is 0.0521. The van der Waals surface area contributed by atoms with Crippen LogP contribution in [0, 0.1) is 0 Å². The largest absolute Gasteiger partial charge is 0.394 e. The van der Waals surface area contributed by atoms with Crippen LogP contribution >= 0.6 is 0 Å². The van der Waals surface area contributed by atoms with Gasteiger partial charge in [0.15, 0.2) is 0 Å². The van der Waals surface area contributed by atoms with Crippen molar-refractivity contribution in [2.24, 2.45) is 0 Å². The average Bonchev–Trinajstić information content (AvgIpc) is 2.45. The highest BCUT2D eigenvalue weighted by Gasteiger charge is 2.06. The van der Waals surface area contributed by atoms with E-state index in [2.05, 4.69) is 10.6 Å². The Morgan fingerprint density at radius 1 is 1.37 bits per heavy atom. The number of carbonyl (C=O) groups excluding carboxylic acids is 1. The predicted molar refractivity (Wildman–Crippen MR) is 73.9 cm³/mol. The Hall–Kier alpha value is -1.43. The Kier molecular flexibility index (Phi) is 7.81. The van der Waals surface area contributed by atoms with Crippen LogP contribution in [0.1, 0.15) is 5.56 Å². The van der Waals surface area contributed by atoms with Crippen LogP contribution in [0.2, 0.25) is 0 Å². The molecule has 1 aromatic rings. The zero-order valence-electron chi connectivity index (χ0n) is 11.3. The number of nitrogens with one attached hydrogen (secondary N) is 2. The van der Waals surface area contributed by atoms with Crippen LogP contribution in [0.4, 0.5) is 0 Å². The smallest absolute Gasteiger partial charge is 0.233 e. The molecule has 5 heteroatoms. The van der Waals surface area contributed by atoms with E-state index in [4.69, 9.17) is 9.84 Å². The maximum absolute atomic E-state index is 11.5. The van der Waals surface area contributed by atoms with Crippen molar-refractivity contribution in [3.05, 3.63) is 35.9 Å². The van der Waals surface area contributed by atoms with Gasteiger partial charge in [0.1, 0.15) is 0 Å². The first kappa shape index (κ1) is 15.6. The number of benzene rings is 1. The van der Waals surface area contributed by atoms with Crippen molar-refractivity contribution in [3.8, 4) is 0 Å². The lowest BCUT2D eigenvalue weighted by atomic mass is 10.1. The second-order valence-electron chi connectivity index (χ2n) is 4.26. The van der Waals surface area contributed by atoms with Crippen LogP contribution in [0.15, 0.2) is 30.3 Å². The number of rotatable bonds is 9. The normalized spacial score (nSPS) is 12.1. The minimum atomic E-state index is -0.267. The van der Waals surface area contributed by atoms with Crippen LogP contribution in [0.3, 0.4) is 0 Å². The number of aliphatic hydroxyl groups excluding tert-OH is 1. The molecule has 0 aliphatic heterocycles. The molecule has 1 atom stereocenters. The van der Waals surface area contributed by atoms with Crippen LogP contribution in [0.5, 0.6) is 0 Å². The van der Waals surface area contributed by atoms with Crippen LogP contribution in [0.25, 0.3) is 0 Å². The van der Waals surface area contributed by atoms with E-state index in [-0.39, 0.29) is 25.2 Å². The third-order valence-corrected chi connectivity index (χ3v) is 2.77. The molecular weight excluding hydrogens is 244 g/mol. The Balaban J connectivity index is 2.08. The zero-order valence-corrected chi connectivity index (χ0v) is 11.3. The molecule has 5 nitrogen and oxygen atoms in total. The molecule has 3 N–H and O–H groups in total. The standard InChI is InChI=1S/C14H22N2O3/c1-19-13(11-17)9-15-10-14(18)16-8-7-12-5-3-2-4-6-12/h2-6,13,15,17H,7-11H2,1H3,(H,16,18). The Morgan fingerprint density at radius 3 is 2.74 bits per heavy atom. The van der Waals surface area contributed by atoms with Gasteiger partial charge in [-0.2, -0.15) is 0 Å². The fraction of sp³-hybridized carbons (Fsp3) is 0.500. The Bertz CT molecular complexity index is 353. The van der Waals surface area contributed by atoms with Gasteiger partial charge < -0.3 is 20.5 Å². The number of carbonyl (C=O) groups is 1. The quantitative estimate of drug-likeness (QED) is 0.586. The Labute approximate surface area is 114 Å². The van der Waals surface area contributed by atoms with E-state index in [0.717, 1.165) is 6.42 Å². The third-order valence-electron chi connectivity index (χ3n) is 2.77. The maximum Gasteiger partial charge on any atom is 0.233 e. The summed E-state index contributed by atoms with van der Waals surface area (Å²) in [5.74, 6) is -0.0521. The molecule has 106 valence electrons. The molecule has 0 bridgehead atoms. The minimum Gasteiger partial charge on any atom is -0.394 e. The molecular formula is C14H22N2O3. The Morgan fingerprint density at radius 2 is 2.11 bits per heavy atom. The van der Waals surface area contributed by atoms with Crippen molar-refractivity contribution in [1.82, 2.24) is 10.6 Å². The van der Waals surface area contributed by atoms with E-state index >= 15 is 0 Å². The van der Waals surface area contributed by atoms with Crippen molar-refractivity contribution >= 4 is 5.91 Å². The summed E-state index contributed by atoms with van der Waals surface area (Å²) in [5.41, 5.74) is 1.20. The summed E-state index contributed by atoms with van der Waals surface area (Å²) in [6, 6.07) is 10.0. The first-order chi connectivity index (χ1) is 9.26. The van der Waals surface area contributed by atoms with Gasteiger partial charge in [-0.1, -0.05) is 30.3 Å². The zero-order chi connectivity index (χ0) is 13.9. The number of hydrogen-bond acceptors (Lipinski definition) is 4. The maximum atomic E-state index is 11.5. The summed E-state index contributed by atoms with van der Waals surface area (Å²) >= 11 is 0. The molecule has 0 fully saturated rings. The molecule has 0 radical (unpaired) electrons. The molecule has 0 aliphatic carbocycles. The summed E-state index contributed by atoms with van der Waals surface area (Å²) in [6.07, 6.45) is 0.557. The lowest BCUT2D eigenvalue weighted by Crippen LogP contribution is -2.39. The second kappa shape index (κ2) is 9.49. The van der Waals surface area contributed by atoms with Gasteiger partial charge in [-0.25, -0.2) is 0 Å². The van der Waals surface area contributed by atoms with Gasteiger partial charge in [0.05, 0.1) is 19.3 Å². The van der Waals surface area contributed by atoms with E-state index in [9.17, 15) is 4.79 Å². The van der Waals surface area contributed by atoms with Crippen molar-refractivity contribution < 1.29 is 14.6 Å². The molecule has 0 heterocycles. The highest BCUT2D eigenvalue weighted by molar-refractivity contribution is 5.77. The molecule has 0 saturated carbocycles. The molecule has 0 aromatic heterocycles. The number of ether oxygens (including phenoxy) is 1. The van der Waals surface area contributed by atoms with Gasteiger partial charge in [-0.15, -0.1) is 0 Å². The van der Waals surface area contributed by atoms with Gasteiger partial charge in [0, 0.05) is 20.2 Å². The van der Waals surface area contributed by atoms with Crippen LogP contribution < -0.4 is 10.6 Å². The molecule has 1 aromatic carbocycles. The van der Waals surface area contributed by atoms with Crippen molar-refractivity contribution in [1.29, 1.82) is 0 Å². The summed E-state index contributed by atoms with van der Waals surface area (Å²) < 4.78 is 4.98. The molecule has 0 aliphatic rings. The van der Waals surface area contributed by atoms with E-state index < -0.39 is 0 Å². The highest BCUT2D eigenvalue weighted by Crippen LogP contribution is 1.97. The van der Waals surface area contributed by atoms with Gasteiger partial charge in [-0.05, 0) is 12.0 Å². The summed E-state index contributed by atoms with van der Waals surface area (Å²) in [4.78, 5) is 11.5. The molecule has 0 spiro atoms. The number of aliphatic hydroxyl groups is 1. The number of amides is 1. The first-order valence-electron chi connectivity index (χ1n) is 6.41. The first-order valence-corrected chi connectivity index (χ1v) is 6.41. The van der Waals surface area contributed by atoms with Crippen molar-refractivity contribution in [2.75, 3.05) is 33.4 Å². The fourth-order valence-electron chi connectivity index (χ4n) is 1.62. The lowest BCUT2D eigenvalue weighted by molar-refractivity contribution is -0.120. The van der Waals surface area contributed by atoms with Crippen LogP contribution in [-0.2, 0) is 16.0 Å². The predicted octanol–water partition coefficient (Wildman–Crippen LogP) is -0.0578. The number of hydrogen-bond donors (Lipinski definition) is 3. The number of methoxy groups -OCH3 is 1. The van der Waals surface area contributed by atoms with E-state index in [1.165, 1.54) is 12.7 Å². The van der Waals surface area contributed by atoms with Crippen molar-refractivity contribution in [2.45, 2.75) is 12.5 Å². The molecule has 0 saturated heterocycles. The highest BCUT2D eigenvalue weighted by atomic mass is 16.5. The van der Waals surface area contributed by atoms with Gasteiger partial charge in [0.2, 0.25) is 5.91 Å². The lowest BCUT2D eigenvalue weighted by Gasteiger charge is -2.13. The second-order valence-corrected chi connectivity index (χ2v) is 4.26. The third kappa shape index (κ3) is 6.91. The summed E-state index contributed by atoms with van der Waals surface area (Å²) in [6.45, 7) is 1.26. The SMILES string of the molecule is COC(CO)CNCC(=O)NCCc1ccccc1. The topological polar surface area (TPSA) is 70.6 Å². The molecule has 1 amide bonds. The van der Waals surface area contributed by atoms with Gasteiger partial charge in [0.25, 0.3) is 0 Å². The van der Waals surface area contributed by atoms with Crippen LogP contribution in [-0.4, -0.2) is 50.5 Å². The summed E-state index contributed by atoms with van der Waals surface area (Å²) in [7, 11) is 1.53. The monoisotopic (exact) mass is 266 g/mol. The molecule has 19 heavy (non-hydrogen) atoms. The fourth-order valence-corrected chi connectivity index (χ4v) is 1.62. The average molecular weight is 266 g/mol.